The summed E-state index contributed by atoms with van der Waals surface area (Å²) in [6.07, 6.45) is 5.67. The van der Waals surface area contributed by atoms with E-state index in [2.05, 4.69) is 16.8 Å². The Morgan fingerprint density at radius 1 is 1.21 bits per heavy atom. The minimum absolute atomic E-state index is 0.753. The van der Waals surface area contributed by atoms with Crippen LogP contribution in [0.1, 0.15) is 25.0 Å². The molecule has 0 saturated heterocycles. The molecule has 74 valence electrons. The van der Waals surface area contributed by atoms with E-state index in [1.165, 1.54) is 0 Å². The van der Waals surface area contributed by atoms with Gasteiger partial charge < -0.3 is 5.73 Å². The predicted octanol–water partition coefficient (Wildman–Crippen LogP) is 1.76. The van der Waals surface area contributed by atoms with E-state index in [-0.39, 0.29) is 0 Å². The molecule has 0 aliphatic rings. The largest absolute Gasteiger partial charge is 0.330 e. The molecule has 0 fully saturated rings. The molecule has 0 saturated carbocycles. The Hall–Kier alpha value is -1.33. The second-order valence-corrected chi connectivity index (χ2v) is 3.10. The molecule has 0 aliphatic carbocycles. The molecule has 0 radical (unpaired) electrons. The summed E-state index contributed by atoms with van der Waals surface area (Å²) in [6, 6.07) is 5.89. The van der Waals surface area contributed by atoms with Crippen LogP contribution >= 0.6 is 0 Å². The number of hydrogen-bond acceptors (Lipinski definition) is 2. The minimum atomic E-state index is 0.753. The van der Waals surface area contributed by atoms with Gasteiger partial charge in [0, 0.05) is 12.6 Å². The standard InChI is InChI=1S/C12H16N2/c13-10-6-3-1-2-4-8-12-9-5-7-11-14-12/h5,7,9,11H,1,3,6,8,10,13H2. The van der Waals surface area contributed by atoms with E-state index >= 15 is 0 Å². The second-order valence-electron chi connectivity index (χ2n) is 3.10. The Kier molecular flexibility index (Phi) is 5.46. The van der Waals surface area contributed by atoms with E-state index in [0.29, 0.717) is 0 Å². The van der Waals surface area contributed by atoms with Crippen LogP contribution in [0.15, 0.2) is 24.4 Å². The van der Waals surface area contributed by atoms with Crippen molar-refractivity contribution in [3.8, 4) is 11.8 Å². The Labute approximate surface area is 85.5 Å². The summed E-state index contributed by atoms with van der Waals surface area (Å²) in [5.74, 6) is 6.23. The number of rotatable bonds is 4. The van der Waals surface area contributed by atoms with Crippen LogP contribution in [0.25, 0.3) is 0 Å². The highest BCUT2D eigenvalue weighted by molar-refractivity contribution is 5.12. The fraction of sp³-hybridized carbons (Fsp3) is 0.417. The smallest absolute Gasteiger partial charge is 0.0522 e. The number of hydrogen-bond donors (Lipinski definition) is 1. The van der Waals surface area contributed by atoms with Crippen molar-refractivity contribution in [2.24, 2.45) is 5.73 Å². The number of nitrogens with two attached hydrogens (primary N) is 1. The van der Waals surface area contributed by atoms with Crippen molar-refractivity contribution in [1.29, 1.82) is 0 Å². The summed E-state index contributed by atoms with van der Waals surface area (Å²) in [5, 5.41) is 0. The van der Waals surface area contributed by atoms with Crippen LogP contribution in [0, 0.1) is 11.8 Å². The first kappa shape index (κ1) is 10.7. The maximum Gasteiger partial charge on any atom is 0.0522 e. The van der Waals surface area contributed by atoms with Crippen LogP contribution in [0.2, 0.25) is 0 Å². The van der Waals surface area contributed by atoms with Crippen LogP contribution in [0.3, 0.4) is 0 Å². The number of unbranched alkanes of at least 4 members (excludes halogenated alkanes) is 2. The van der Waals surface area contributed by atoms with Gasteiger partial charge in [0.15, 0.2) is 0 Å². The molecular weight excluding hydrogens is 172 g/mol. The Morgan fingerprint density at radius 3 is 2.86 bits per heavy atom. The first-order valence-electron chi connectivity index (χ1n) is 4.99. The summed E-state index contributed by atoms with van der Waals surface area (Å²) in [4.78, 5) is 4.19. The first-order chi connectivity index (χ1) is 6.93. The van der Waals surface area contributed by atoms with E-state index in [1.807, 2.05) is 18.2 Å². The Bertz CT molecular complexity index is 295. The summed E-state index contributed by atoms with van der Waals surface area (Å²) in [6.45, 7) is 0.766. The number of aromatic nitrogens is 1. The maximum absolute atomic E-state index is 5.38. The summed E-state index contributed by atoms with van der Waals surface area (Å²) < 4.78 is 0. The van der Waals surface area contributed by atoms with Crippen molar-refractivity contribution < 1.29 is 0 Å². The molecule has 0 amide bonds. The van der Waals surface area contributed by atoms with Crippen LogP contribution in [-0.4, -0.2) is 11.5 Å². The summed E-state index contributed by atoms with van der Waals surface area (Å²) in [5.41, 5.74) is 6.42. The molecule has 0 aromatic carbocycles. The number of nitrogens with zero attached hydrogens (tertiary/aromatic N) is 1. The lowest BCUT2D eigenvalue weighted by molar-refractivity contribution is 0.767. The molecule has 0 atom stereocenters. The fourth-order valence-corrected chi connectivity index (χ4v) is 1.10. The zero-order valence-electron chi connectivity index (χ0n) is 8.37. The Balaban J connectivity index is 2.20. The molecular formula is C12H16N2. The third-order valence-electron chi connectivity index (χ3n) is 1.88. The van der Waals surface area contributed by atoms with Crippen molar-refractivity contribution in [2.45, 2.75) is 25.7 Å². The highest BCUT2D eigenvalue weighted by atomic mass is 14.7. The predicted molar refractivity (Wildman–Crippen MR) is 58.6 cm³/mol. The van der Waals surface area contributed by atoms with Gasteiger partial charge in [0.2, 0.25) is 0 Å². The van der Waals surface area contributed by atoms with Crippen molar-refractivity contribution in [3.05, 3.63) is 30.1 Å². The highest BCUT2D eigenvalue weighted by Gasteiger charge is 1.86. The molecule has 0 aliphatic heterocycles. The molecule has 2 N–H and O–H groups in total. The zero-order valence-corrected chi connectivity index (χ0v) is 8.37. The normalized spacial score (nSPS) is 9.21. The van der Waals surface area contributed by atoms with Gasteiger partial charge in [0.25, 0.3) is 0 Å². The quantitative estimate of drug-likeness (QED) is 0.577. The lowest BCUT2D eigenvalue weighted by atomic mass is 10.2. The molecule has 0 unspecified atom stereocenters. The number of pyridine rings is 1. The average Bonchev–Trinajstić information content (AvgIpc) is 2.25. The summed E-state index contributed by atoms with van der Waals surface area (Å²) in [7, 11) is 0. The van der Waals surface area contributed by atoms with Gasteiger partial charge in [-0.1, -0.05) is 12.0 Å². The average molecular weight is 188 g/mol. The Morgan fingerprint density at radius 2 is 2.14 bits per heavy atom. The molecule has 1 aromatic heterocycles. The van der Waals surface area contributed by atoms with Crippen molar-refractivity contribution in [1.82, 2.24) is 4.98 Å². The van der Waals surface area contributed by atoms with Gasteiger partial charge in [-0.3, -0.25) is 4.98 Å². The van der Waals surface area contributed by atoms with Gasteiger partial charge in [-0.15, -0.1) is 5.92 Å². The lowest BCUT2D eigenvalue weighted by Crippen LogP contribution is -1.97. The van der Waals surface area contributed by atoms with E-state index in [4.69, 9.17) is 5.73 Å². The molecule has 2 nitrogen and oxygen atoms in total. The van der Waals surface area contributed by atoms with E-state index in [9.17, 15) is 0 Å². The topological polar surface area (TPSA) is 38.9 Å². The van der Waals surface area contributed by atoms with Crippen molar-refractivity contribution in [3.63, 3.8) is 0 Å². The molecule has 0 bridgehead atoms. The van der Waals surface area contributed by atoms with Gasteiger partial charge in [-0.2, -0.15) is 0 Å². The maximum atomic E-state index is 5.38. The SMILES string of the molecule is NCCCCC#CCc1ccccn1. The van der Waals surface area contributed by atoms with Gasteiger partial charge in [-0.05, 0) is 31.5 Å². The van der Waals surface area contributed by atoms with Gasteiger partial charge in [0.05, 0.1) is 12.1 Å². The van der Waals surface area contributed by atoms with E-state index in [1.54, 1.807) is 6.20 Å². The van der Waals surface area contributed by atoms with Gasteiger partial charge in [0.1, 0.15) is 0 Å². The van der Waals surface area contributed by atoms with Gasteiger partial charge >= 0.3 is 0 Å². The second kappa shape index (κ2) is 7.11. The van der Waals surface area contributed by atoms with Crippen LogP contribution in [0.4, 0.5) is 0 Å². The van der Waals surface area contributed by atoms with E-state index < -0.39 is 0 Å². The monoisotopic (exact) mass is 188 g/mol. The third-order valence-corrected chi connectivity index (χ3v) is 1.88. The van der Waals surface area contributed by atoms with Crippen LogP contribution in [0.5, 0.6) is 0 Å². The van der Waals surface area contributed by atoms with Gasteiger partial charge in [-0.25, -0.2) is 0 Å². The molecule has 1 aromatic rings. The molecule has 14 heavy (non-hydrogen) atoms. The summed E-state index contributed by atoms with van der Waals surface area (Å²) >= 11 is 0. The molecule has 0 spiro atoms. The van der Waals surface area contributed by atoms with E-state index in [0.717, 1.165) is 37.9 Å². The highest BCUT2D eigenvalue weighted by Crippen LogP contribution is 1.94. The molecule has 1 rings (SSSR count). The fourth-order valence-electron chi connectivity index (χ4n) is 1.10. The van der Waals surface area contributed by atoms with Crippen molar-refractivity contribution >= 4 is 0 Å². The lowest BCUT2D eigenvalue weighted by Gasteiger charge is -1.91. The zero-order chi connectivity index (χ0) is 10.1. The molecule has 2 heteroatoms. The van der Waals surface area contributed by atoms with Crippen LogP contribution in [-0.2, 0) is 6.42 Å². The third kappa shape index (κ3) is 4.64. The first-order valence-corrected chi connectivity index (χ1v) is 4.99. The minimum Gasteiger partial charge on any atom is -0.330 e. The molecule has 1 heterocycles. The van der Waals surface area contributed by atoms with Crippen LogP contribution < -0.4 is 5.73 Å². The van der Waals surface area contributed by atoms with Crippen molar-refractivity contribution in [2.75, 3.05) is 6.54 Å².